The van der Waals surface area contributed by atoms with Crippen LogP contribution < -0.4 is 15.4 Å². The van der Waals surface area contributed by atoms with Crippen LogP contribution in [0, 0.1) is 0 Å². The quantitative estimate of drug-likeness (QED) is 0.415. The van der Waals surface area contributed by atoms with Crippen molar-refractivity contribution in [2.75, 3.05) is 17.3 Å². The van der Waals surface area contributed by atoms with Crippen LogP contribution in [0.5, 0.6) is 0 Å². The third-order valence-corrected chi connectivity index (χ3v) is 5.79. The minimum absolute atomic E-state index is 0.00307. The number of aliphatic hydroxyl groups excluding tert-OH is 1. The van der Waals surface area contributed by atoms with Crippen molar-refractivity contribution in [3.8, 4) is 0 Å². The lowest BCUT2D eigenvalue weighted by Gasteiger charge is -2.19. The molecule has 0 unspecified atom stereocenters. The normalized spacial score (nSPS) is 11.6. The number of nitrogens with two attached hydrogens (primary N) is 1. The van der Waals surface area contributed by atoms with E-state index in [1.807, 2.05) is 30.1 Å². The predicted molar refractivity (Wildman–Crippen MR) is 118 cm³/mol. The summed E-state index contributed by atoms with van der Waals surface area (Å²) >= 11 is 0. The topological polar surface area (TPSA) is 139 Å². The van der Waals surface area contributed by atoms with E-state index in [9.17, 15) is 13.5 Å². The number of nitrogens with zero attached hydrogens (tertiary/aromatic N) is 5. The molecule has 0 aliphatic carbocycles. The van der Waals surface area contributed by atoms with Crippen LogP contribution in [0.3, 0.4) is 0 Å². The zero-order chi connectivity index (χ0) is 22.2. The Hall–Kier alpha value is -3.54. The van der Waals surface area contributed by atoms with E-state index in [1.54, 1.807) is 36.1 Å². The molecular formula is C20H21N7O3S. The zero-order valence-electron chi connectivity index (χ0n) is 16.9. The second-order valence-electron chi connectivity index (χ2n) is 6.93. The SMILES string of the molecule is CN(c1ccc2c(CO)n(C)nc2c1)c1ccnc(Nc2cccc(S(N)(=O)=O)c2)n1. The number of aryl methyl sites for hydroxylation is 1. The summed E-state index contributed by atoms with van der Waals surface area (Å²) in [5.74, 6) is 0.926. The summed E-state index contributed by atoms with van der Waals surface area (Å²) in [5, 5.41) is 23.1. The number of primary sulfonamides is 1. The van der Waals surface area contributed by atoms with Crippen molar-refractivity contribution in [2.24, 2.45) is 12.2 Å². The molecule has 0 bridgehead atoms. The van der Waals surface area contributed by atoms with Gasteiger partial charge in [-0.2, -0.15) is 10.1 Å². The number of aliphatic hydroxyl groups is 1. The third-order valence-electron chi connectivity index (χ3n) is 4.88. The van der Waals surface area contributed by atoms with Crippen LogP contribution in [0.1, 0.15) is 5.69 Å². The number of fused-ring (bicyclic) bond motifs is 1. The molecule has 4 rings (SSSR count). The van der Waals surface area contributed by atoms with Gasteiger partial charge in [0, 0.05) is 37.1 Å². The van der Waals surface area contributed by atoms with Gasteiger partial charge in [0.2, 0.25) is 16.0 Å². The summed E-state index contributed by atoms with van der Waals surface area (Å²) in [6.45, 7) is -0.0875. The van der Waals surface area contributed by atoms with Crippen molar-refractivity contribution in [3.63, 3.8) is 0 Å². The molecule has 0 saturated carbocycles. The van der Waals surface area contributed by atoms with Crippen molar-refractivity contribution in [1.29, 1.82) is 0 Å². The fourth-order valence-corrected chi connectivity index (χ4v) is 3.81. The van der Waals surface area contributed by atoms with E-state index in [0.29, 0.717) is 17.5 Å². The molecule has 31 heavy (non-hydrogen) atoms. The number of anilines is 4. The average molecular weight is 440 g/mol. The first-order valence-electron chi connectivity index (χ1n) is 9.29. The van der Waals surface area contributed by atoms with Crippen molar-refractivity contribution in [2.45, 2.75) is 11.5 Å². The first-order chi connectivity index (χ1) is 14.8. The molecule has 0 radical (unpaired) electrons. The first kappa shape index (κ1) is 20.7. The standard InChI is InChI=1S/C20H21N7O3S/c1-26(14-6-7-16-17(11-14)25-27(2)18(16)12-28)19-8-9-22-20(24-19)23-13-4-3-5-15(10-13)31(21,29)30/h3-11,28H,12H2,1-2H3,(H2,21,29,30)(H,22,23,24). The monoisotopic (exact) mass is 439 g/mol. The lowest BCUT2D eigenvalue weighted by molar-refractivity contribution is 0.272. The molecule has 4 aromatic rings. The summed E-state index contributed by atoms with van der Waals surface area (Å²) in [5.41, 5.74) is 2.87. The largest absolute Gasteiger partial charge is 0.390 e. The lowest BCUT2D eigenvalue weighted by Crippen LogP contribution is -2.13. The van der Waals surface area contributed by atoms with Gasteiger partial charge in [0.25, 0.3) is 0 Å². The minimum atomic E-state index is -3.81. The smallest absolute Gasteiger partial charge is 0.238 e. The molecule has 2 heterocycles. The molecule has 11 heteroatoms. The highest BCUT2D eigenvalue weighted by Crippen LogP contribution is 2.28. The number of hydrogen-bond donors (Lipinski definition) is 3. The Bertz CT molecular complexity index is 1370. The molecule has 0 aliphatic rings. The van der Waals surface area contributed by atoms with Gasteiger partial charge in [0.1, 0.15) is 5.82 Å². The van der Waals surface area contributed by atoms with Crippen LogP contribution in [0.15, 0.2) is 59.6 Å². The number of sulfonamides is 1. The second kappa shape index (κ2) is 7.95. The van der Waals surface area contributed by atoms with Gasteiger partial charge >= 0.3 is 0 Å². The van der Waals surface area contributed by atoms with Crippen LogP contribution in [0.25, 0.3) is 10.9 Å². The maximum atomic E-state index is 11.6. The number of benzene rings is 2. The molecule has 0 saturated heterocycles. The van der Waals surface area contributed by atoms with Gasteiger partial charge in [-0.25, -0.2) is 18.5 Å². The molecule has 4 N–H and O–H groups in total. The van der Waals surface area contributed by atoms with E-state index in [1.165, 1.54) is 12.1 Å². The summed E-state index contributed by atoms with van der Waals surface area (Å²) < 4.78 is 24.8. The third kappa shape index (κ3) is 4.19. The molecule has 2 aromatic carbocycles. The molecule has 0 fully saturated rings. The Balaban J connectivity index is 1.61. The van der Waals surface area contributed by atoms with Gasteiger partial charge in [-0.1, -0.05) is 6.07 Å². The average Bonchev–Trinajstić information content (AvgIpc) is 3.07. The first-order valence-corrected chi connectivity index (χ1v) is 10.8. The Morgan fingerprint density at radius 1 is 1.19 bits per heavy atom. The van der Waals surface area contributed by atoms with E-state index in [2.05, 4.69) is 20.4 Å². The van der Waals surface area contributed by atoms with E-state index < -0.39 is 10.0 Å². The molecule has 0 amide bonds. The van der Waals surface area contributed by atoms with Crippen LogP contribution in [0.2, 0.25) is 0 Å². The Kier molecular flexibility index (Phi) is 5.31. The molecule has 0 spiro atoms. The fraction of sp³-hybridized carbons (Fsp3) is 0.150. The Morgan fingerprint density at radius 3 is 2.74 bits per heavy atom. The van der Waals surface area contributed by atoms with Crippen molar-refractivity contribution >= 4 is 44.1 Å². The Labute approximate surface area is 179 Å². The summed E-state index contributed by atoms with van der Waals surface area (Å²) in [7, 11) is -0.149. The highest BCUT2D eigenvalue weighted by molar-refractivity contribution is 7.89. The molecule has 160 valence electrons. The maximum Gasteiger partial charge on any atom is 0.238 e. The van der Waals surface area contributed by atoms with E-state index in [-0.39, 0.29) is 11.5 Å². The van der Waals surface area contributed by atoms with Gasteiger partial charge in [-0.05, 0) is 42.5 Å². The van der Waals surface area contributed by atoms with Crippen LogP contribution in [-0.4, -0.2) is 40.3 Å². The highest BCUT2D eigenvalue weighted by atomic mass is 32.2. The Morgan fingerprint density at radius 2 is 2.00 bits per heavy atom. The van der Waals surface area contributed by atoms with E-state index >= 15 is 0 Å². The van der Waals surface area contributed by atoms with Crippen LogP contribution in [0.4, 0.5) is 23.1 Å². The van der Waals surface area contributed by atoms with E-state index in [4.69, 9.17) is 5.14 Å². The molecule has 0 atom stereocenters. The number of nitrogens with one attached hydrogen (secondary N) is 1. The minimum Gasteiger partial charge on any atom is -0.390 e. The zero-order valence-corrected chi connectivity index (χ0v) is 17.7. The van der Waals surface area contributed by atoms with Crippen LogP contribution in [-0.2, 0) is 23.7 Å². The number of aromatic nitrogens is 4. The van der Waals surface area contributed by atoms with Gasteiger partial charge in [-0.3, -0.25) is 4.68 Å². The van der Waals surface area contributed by atoms with Crippen LogP contribution >= 0.6 is 0 Å². The molecule has 10 nitrogen and oxygen atoms in total. The van der Waals surface area contributed by atoms with Gasteiger partial charge in [-0.15, -0.1) is 0 Å². The molecule has 2 aromatic heterocycles. The lowest BCUT2D eigenvalue weighted by atomic mass is 10.2. The maximum absolute atomic E-state index is 11.6. The number of rotatable bonds is 6. The molecule has 0 aliphatic heterocycles. The summed E-state index contributed by atoms with van der Waals surface area (Å²) in [6, 6.07) is 13.6. The van der Waals surface area contributed by atoms with Crippen molar-refractivity contribution < 1.29 is 13.5 Å². The highest BCUT2D eigenvalue weighted by Gasteiger charge is 2.13. The second-order valence-corrected chi connectivity index (χ2v) is 8.49. The summed E-state index contributed by atoms with van der Waals surface area (Å²) in [4.78, 5) is 10.6. The van der Waals surface area contributed by atoms with Crippen molar-refractivity contribution in [1.82, 2.24) is 19.7 Å². The fourth-order valence-electron chi connectivity index (χ4n) is 3.25. The van der Waals surface area contributed by atoms with Gasteiger partial charge in [0.05, 0.1) is 22.7 Å². The van der Waals surface area contributed by atoms with E-state index in [0.717, 1.165) is 22.3 Å². The predicted octanol–water partition coefficient (Wildman–Crippen LogP) is 2.01. The van der Waals surface area contributed by atoms with Crippen molar-refractivity contribution in [3.05, 3.63) is 60.4 Å². The van der Waals surface area contributed by atoms with Gasteiger partial charge in [0.15, 0.2) is 0 Å². The molecular weight excluding hydrogens is 418 g/mol. The van der Waals surface area contributed by atoms with Gasteiger partial charge < -0.3 is 15.3 Å². The summed E-state index contributed by atoms with van der Waals surface area (Å²) in [6.07, 6.45) is 1.61. The number of hydrogen-bond acceptors (Lipinski definition) is 8.